The van der Waals surface area contributed by atoms with Crippen LogP contribution >= 0.6 is 0 Å². The fourth-order valence-electron chi connectivity index (χ4n) is 1.58. The van der Waals surface area contributed by atoms with Gasteiger partial charge in [0.25, 0.3) is 0 Å². The summed E-state index contributed by atoms with van der Waals surface area (Å²) in [7, 11) is 0. The van der Waals surface area contributed by atoms with Crippen LogP contribution in [0.2, 0.25) is 0 Å². The van der Waals surface area contributed by atoms with Crippen LogP contribution in [0.3, 0.4) is 0 Å². The number of ether oxygens (including phenoxy) is 2. The Labute approximate surface area is 76.6 Å². The molecule has 0 aromatic rings. The van der Waals surface area contributed by atoms with Gasteiger partial charge < -0.3 is 9.47 Å². The maximum atomic E-state index is 8.15. The van der Waals surface area contributed by atoms with Crippen molar-refractivity contribution in [1.82, 2.24) is 0 Å². The van der Waals surface area contributed by atoms with E-state index in [1.807, 2.05) is 0 Å². The highest BCUT2D eigenvalue weighted by atomic mass is 16.6. The highest BCUT2D eigenvalue weighted by molar-refractivity contribution is 4.85. The van der Waals surface area contributed by atoms with Crippen molar-refractivity contribution >= 4 is 0 Å². The van der Waals surface area contributed by atoms with E-state index in [-0.39, 0.29) is 12.2 Å². The summed E-state index contributed by atoms with van der Waals surface area (Å²) in [6.45, 7) is 1.65. The molecular formula is C8H13N3O2. The summed E-state index contributed by atoms with van der Waals surface area (Å²) in [5.74, 6) is 0.689. The Balaban J connectivity index is 1.80. The van der Waals surface area contributed by atoms with Crippen LogP contribution in [0.25, 0.3) is 10.4 Å². The molecular weight excluding hydrogens is 170 g/mol. The van der Waals surface area contributed by atoms with Gasteiger partial charge in [-0.3, -0.25) is 0 Å². The number of nitrogens with zero attached hydrogens (tertiary/aromatic N) is 3. The summed E-state index contributed by atoms with van der Waals surface area (Å²) in [6, 6.07) is 0. The van der Waals surface area contributed by atoms with E-state index >= 15 is 0 Å². The maximum absolute atomic E-state index is 8.15. The fourth-order valence-corrected chi connectivity index (χ4v) is 1.58. The van der Waals surface area contributed by atoms with Gasteiger partial charge in [0.05, 0.1) is 32.0 Å². The molecule has 0 aromatic heterocycles. The summed E-state index contributed by atoms with van der Waals surface area (Å²) in [4.78, 5) is 2.70. The van der Waals surface area contributed by atoms with Gasteiger partial charge in [-0.05, 0) is 24.3 Å². The summed E-state index contributed by atoms with van der Waals surface area (Å²) < 4.78 is 11.1. The molecule has 1 saturated carbocycles. The molecule has 0 amide bonds. The van der Waals surface area contributed by atoms with Crippen molar-refractivity contribution in [1.29, 1.82) is 0 Å². The molecule has 0 unspecified atom stereocenters. The summed E-state index contributed by atoms with van der Waals surface area (Å²) in [5.41, 5.74) is 8.15. The van der Waals surface area contributed by atoms with E-state index in [2.05, 4.69) is 10.0 Å². The van der Waals surface area contributed by atoms with Crippen molar-refractivity contribution in [2.75, 3.05) is 19.8 Å². The Kier molecular flexibility index (Phi) is 2.68. The van der Waals surface area contributed by atoms with E-state index in [1.165, 1.54) is 12.8 Å². The molecule has 2 rings (SSSR count). The van der Waals surface area contributed by atoms with Crippen LogP contribution in [0.5, 0.6) is 0 Å². The second-order valence-corrected chi connectivity index (χ2v) is 3.58. The van der Waals surface area contributed by atoms with E-state index in [4.69, 9.17) is 15.0 Å². The molecule has 2 fully saturated rings. The van der Waals surface area contributed by atoms with Crippen LogP contribution < -0.4 is 0 Å². The van der Waals surface area contributed by atoms with Crippen LogP contribution in [-0.4, -0.2) is 32.0 Å². The zero-order valence-electron chi connectivity index (χ0n) is 7.43. The summed E-state index contributed by atoms with van der Waals surface area (Å²) >= 11 is 0. The zero-order chi connectivity index (χ0) is 9.10. The van der Waals surface area contributed by atoms with E-state index in [0.29, 0.717) is 25.7 Å². The maximum Gasteiger partial charge on any atom is 0.0869 e. The first-order valence-electron chi connectivity index (χ1n) is 4.64. The third-order valence-corrected chi connectivity index (χ3v) is 2.45. The van der Waals surface area contributed by atoms with E-state index in [9.17, 15) is 0 Å². The standard InChI is InChI=1S/C8H13N3O2/c9-11-10-3-7-4-12-5-8(13-7)6-1-2-6/h6-8H,1-5H2/t7-,8-/m0/s1. The topological polar surface area (TPSA) is 67.2 Å². The highest BCUT2D eigenvalue weighted by Gasteiger charge is 2.35. The first kappa shape index (κ1) is 8.81. The van der Waals surface area contributed by atoms with Crippen molar-refractivity contribution in [2.45, 2.75) is 25.0 Å². The van der Waals surface area contributed by atoms with Gasteiger partial charge in [0, 0.05) is 4.91 Å². The van der Waals surface area contributed by atoms with Gasteiger partial charge in [0.15, 0.2) is 0 Å². The lowest BCUT2D eigenvalue weighted by molar-refractivity contribution is -0.140. The lowest BCUT2D eigenvalue weighted by Crippen LogP contribution is -2.38. The minimum absolute atomic E-state index is 0.0322. The minimum Gasteiger partial charge on any atom is -0.376 e. The predicted octanol–water partition coefficient (Wildman–Crippen LogP) is 1.49. The van der Waals surface area contributed by atoms with Gasteiger partial charge in [-0.15, -0.1) is 0 Å². The second kappa shape index (κ2) is 3.96. The molecule has 1 saturated heterocycles. The Hall–Kier alpha value is -0.770. The zero-order valence-corrected chi connectivity index (χ0v) is 7.43. The monoisotopic (exact) mass is 183 g/mol. The quantitative estimate of drug-likeness (QED) is 0.378. The van der Waals surface area contributed by atoms with Crippen LogP contribution in [-0.2, 0) is 9.47 Å². The van der Waals surface area contributed by atoms with Crippen molar-refractivity contribution in [2.24, 2.45) is 11.0 Å². The lowest BCUT2D eigenvalue weighted by Gasteiger charge is -2.29. The molecule has 5 heteroatoms. The van der Waals surface area contributed by atoms with Crippen LogP contribution in [0, 0.1) is 5.92 Å². The largest absolute Gasteiger partial charge is 0.376 e. The second-order valence-electron chi connectivity index (χ2n) is 3.58. The average Bonchev–Trinajstić information content (AvgIpc) is 2.98. The van der Waals surface area contributed by atoms with Crippen LogP contribution in [0.15, 0.2) is 5.11 Å². The molecule has 1 heterocycles. The molecule has 2 atom stereocenters. The average molecular weight is 183 g/mol. The molecule has 1 aliphatic carbocycles. The molecule has 0 spiro atoms. The minimum atomic E-state index is -0.0322. The molecule has 0 N–H and O–H groups in total. The Morgan fingerprint density at radius 1 is 1.38 bits per heavy atom. The Morgan fingerprint density at radius 2 is 2.23 bits per heavy atom. The Bertz CT molecular complexity index is 223. The van der Waals surface area contributed by atoms with Crippen LogP contribution in [0.4, 0.5) is 0 Å². The molecule has 0 bridgehead atoms. The number of azide groups is 1. The molecule has 1 aliphatic heterocycles. The van der Waals surface area contributed by atoms with Gasteiger partial charge in [-0.25, -0.2) is 0 Å². The highest BCUT2D eigenvalue weighted by Crippen LogP contribution is 2.36. The van der Waals surface area contributed by atoms with Crippen molar-refractivity contribution in [3.8, 4) is 0 Å². The van der Waals surface area contributed by atoms with E-state index in [1.54, 1.807) is 0 Å². The number of rotatable bonds is 3. The SMILES string of the molecule is [N-]=[N+]=NC[C@H]1COC[C@@H](C2CC2)O1. The van der Waals surface area contributed by atoms with Crippen LogP contribution in [0.1, 0.15) is 12.8 Å². The van der Waals surface area contributed by atoms with E-state index < -0.39 is 0 Å². The molecule has 72 valence electrons. The molecule has 0 aromatic carbocycles. The number of hydrogen-bond donors (Lipinski definition) is 0. The molecule has 2 aliphatic rings. The lowest BCUT2D eigenvalue weighted by atomic mass is 10.2. The smallest absolute Gasteiger partial charge is 0.0869 e. The molecule has 0 radical (unpaired) electrons. The van der Waals surface area contributed by atoms with Crippen molar-refractivity contribution in [3.05, 3.63) is 10.4 Å². The third kappa shape index (κ3) is 2.34. The molecule has 5 nitrogen and oxygen atoms in total. The van der Waals surface area contributed by atoms with Crippen molar-refractivity contribution in [3.63, 3.8) is 0 Å². The van der Waals surface area contributed by atoms with Gasteiger partial charge in [0.2, 0.25) is 0 Å². The third-order valence-electron chi connectivity index (χ3n) is 2.45. The first-order chi connectivity index (χ1) is 6.40. The van der Waals surface area contributed by atoms with Gasteiger partial charge in [-0.1, -0.05) is 5.11 Å². The summed E-state index contributed by atoms with van der Waals surface area (Å²) in [5, 5.41) is 3.49. The normalized spacial score (nSPS) is 33.8. The predicted molar refractivity (Wildman–Crippen MR) is 46.2 cm³/mol. The van der Waals surface area contributed by atoms with Gasteiger partial charge >= 0.3 is 0 Å². The van der Waals surface area contributed by atoms with Gasteiger partial charge in [-0.2, -0.15) is 0 Å². The van der Waals surface area contributed by atoms with Crippen molar-refractivity contribution < 1.29 is 9.47 Å². The Morgan fingerprint density at radius 3 is 2.92 bits per heavy atom. The fraction of sp³-hybridized carbons (Fsp3) is 1.00. The first-order valence-corrected chi connectivity index (χ1v) is 4.64. The van der Waals surface area contributed by atoms with E-state index in [0.717, 1.165) is 0 Å². The van der Waals surface area contributed by atoms with Gasteiger partial charge in [0.1, 0.15) is 0 Å². The summed E-state index contributed by atoms with van der Waals surface area (Å²) in [6.07, 6.45) is 2.72. The molecule has 13 heavy (non-hydrogen) atoms. The number of hydrogen-bond acceptors (Lipinski definition) is 3.